The lowest BCUT2D eigenvalue weighted by molar-refractivity contribution is -0.151. The molecule has 0 saturated carbocycles. The molecule has 0 unspecified atom stereocenters. The Balaban J connectivity index is 1.29. The van der Waals surface area contributed by atoms with E-state index < -0.39 is 10.0 Å². The molecule has 156 valence electrons. The van der Waals surface area contributed by atoms with Crippen molar-refractivity contribution in [3.05, 3.63) is 66.6 Å². The van der Waals surface area contributed by atoms with Gasteiger partial charge >= 0.3 is 5.97 Å². The summed E-state index contributed by atoms with van der Waals surface area (Å²) in [5.41, 5.74) is 0.787. The quantitative estimate of drug-likeness (QED) is 0.557. The molecule has 0 atom stereocenters. The number of carbonyl (C=O) groups excluding carboxylic acids is 1. The third kappa shape index (κ3) is 4.42. The normalized spacial score (nSPS) is 15.7. The van der Waals surface area contributed by atoms with Crippen LogP contribution in [0.15, 0.2) is 70.0 Å². The number of piperidine rings is 1. The van der Waals surface area contributed by atoms with Gasteiger partial charge < -0.3 is 9.15 Å². The van der Waals surface area contributed by atoms with Crippen LogP contribution < -0.4 is 0 Å². The summed E-state index contributed by atoms with van der Waals surface area (Å²) < 4.78 is 37.6. The summed E-state index contributed by atoms with van der Waals surface area (Å²) in [6.07, 6.45) is 0.813. The van der Waals surface area contributed by atoms with E-state index in [0.717, 1.165) is 5.56 Å². The molecule has 1 aliphatic rings. The van der Waals surface area contributed by atoms with Gasteiger partial charge in [0.15, 0.2) is 6.61 Å². The van der Waals surface area contributed by atoms with Crippen molar-refractivity contribution in [2.75, 3.05) is 13.1 Å². The molecule has 1 fully saturated rings. The third-order valence-electron chi connectivity index (χ3n) is 4.99. The summed E-state index contributed by atoms with van der Waals surface area (Å²) in [6, 6.07) is 17.6. The highest BCUT2D eigenvalue weighted by atomic mass is 32.2. The van der Waals surface area contributed by atoms with Crippen molar-refractivity contribution in [3.63, 3.8) is 0 Å². The minimum Gasteiger partial charge on any atom is -0.455 e. The number of sulfonamides is 1. The number of aromatic nitrogens is 2. The Labute approximate surface area is 174 Å². The van der Waals surface area contributed by atoms with Crippen LogP contribution in [0, 0.1) is 5.92 Å². The van der Waals surface area contributed by atoms with Crippen molar-refractivity contribution in [2.45, 2.75) is 24.3 Å². The molecule has 30 heavy (non-hydrogen) atoms. The summed E-state index contributed by atoms with van der Waals surface area (Å²) in [7, 11) is -3.54. The topological polar surface area (TPSA) is 103 Å². The van der Waals surface area contributed by atoms with E-state index in [4.69, 9.17) is 9.15 Å². The van der Waals surface area contributed by atoms with Crippen molar-refractivity contribution in [1.29, 1.82) is 0 Å². The van der Waals surface area contributed by atoms with Crippen LogP contribution in [0.25, 0.3) is 11.5 Å². The van der Waals surface area contributed by atoms with Crippen LogP contribution in [-0.4, -0.2) is 42.0 Å². The number of ether oxygens (including phenoxy) is 1. The Bertz CT molecular complexity index is 1090. The second-order valence-corrected chi connectivity index (χ2v) is 8.90. The third-order valence-corrected chi connectivity index (χ3v) is 6.91. The zero-order valence-corrected chi connectivity index (χ0v) is 17.0. The Morgan fingerprint density at radius 2 is 1.63 bits per heavy atom. The van der Waals surface area contributed by atoms with Crippen LogP contribution in [0.1, 0.15) is 18.7 Å². The van der Waals surface area contributed by atoms with E-state index >= 15 is 0 Å². The van der Waals surface area contributed by atoms with Crippen molar-refractivity contribution in [1.82, 2.24) is 14.5 Å². The van der Waals surface area contributed by atoms with Gasteiger partial charge in [-0.15, -0.1) is 10.2 Å². The Hall–Kier alpha value is -3.04. The van der Waals surface area contributed by atoms with Crippen LogP contribution in [0.4, 0.5) is 0 Å². The largest absolute Gasteiger partial charge is 0.455 e. The molecule has 0 spiro atoms. The van der Waals surface area contributed by atoms with E-state index in [-0.39, 0.29) is 42.4 Å². The second kappa shape index (κ2) is 8.76. The van der Waals surface area contributed by atoms with E-state index in [2.05, 4.69) is 10.2 Å². The fraction of sp³-hybridized carbons (Fsp3) is 0.286. The number of rotatable bonds is 6. The van der Waals surface area contributed by atoms with Crippen molar-refractivity contribution >= 4 is 16.0 Å². The van der Waals surface area contributed by atoms with Crippen LogP contribution >= 0.6 is 0 Å². The first-order valence-electron chi connectivity index (χ1n) is 9.63. The maximum atomic E-state index is 12.7. The average molecular weight is 427 g/mol. The minimum atomic E-state index is -3.54. The Morgan fingerprint density at radius 3 is 2.30 bits per heavy atom. The smallest absolute Gasteiger partial charge is 0.309 e. The van der Waals surface area contributed by atoms with Gasteiger partial charge in [-0.2, -0.15) is 4.31 Å². The molecule has 4 rings (SSSR count). The van der Waals surface area contributed by atoms with E-state index in [1.807, 2.05) is 30.3 Å². The van der Waals surface area contributed by atoms with Crippen molar-refractivity contribution in [2.24, 2.45) is 5.92 Å². The maximum Gasteiger partial charge on any atom is 0.309 e. The molecule has 8 nitrogen and oxygen atoms in total. The summed E-state index contributed by atoms with van der Waals surface area (Å²) >= 11 is 0. The fourth-order valence-corrected chi connectivity index (χ4v) is 4.82. The van der Waals surface area contributed by atoms with E-state index in [1.54, 1.807) is 30.3 Å². The van der Waals surface area contributed by atoms with Gasteiger partial charge in [0, 0.05) is 18.7 Å². The van der Waals surface area contributed by atoms with Crippen LogP contribution in [0.2, 0.25) is 0 Å². The van der Waals surface area contributed by atoms with E-state index in [0.29, 0.717) is 18.7 Å². The van der Waals surface area contributed by atoms with E-state index in [9.17, 15) is 13.2 Å². The molecule has 0 N–H and O–H groups in total. The first-order valence-corrected chi connectivity index (χ1v) is 11.1. The maximum absolute atomic E-state index is 12.7. The lowest BCUT2D eigenvalue weighted by Crippen LogP contribution is -2.40. The van der Waals surface area contributed by atoms with Gasteiger partial charge in [-0.05, 0) is 37.1 Å². The summed E-state index contributed by atoms with van der Waals surface area (Å²) in [4.78, 5) is 12.7. The molecule has 3 aromatic rings. The predicted octanol–water partition coefficient (Wildman–Crippen LogP) is 2.88. The molecular weight excluding hydrogens is 406 g/mol. The first-order chi connectivity index (χ1) is 14.5. The zero-order chi connectivity index (χ0) is 21.0. The SMILES string of the molecule is O=C(OCc1nnc(-c2ccccc2)o1)C1CCN(S(=O)(=O)c2ccccc2)CC1. The van der Waals surface area contributed by atoms with E-state index in [1.165, 1.54) is 4.31 Å². The number of nitrogens with zero attached hydrogens (tertiary/aromatic N) is 3. The molecule has 9 heteroatoms. The molecule has 1 saturated heterocycles. The van der Waals surface area contributed by atoms with Gasteiger partial charge in [0.25, 0.3) is 5.89 Å². The van der Waals surface area contributed by atoms with Crippen molar-refractivity contribution in [3.8, 4) is 11.5 Å². The number of benzene rings is 2. The number of hydrogen-bond acceptors (Lipinski definition) is 7. The lowest BCUT2D eigenvalue weighted by atomic mass is 9.98. The van der Waals surface area contributed by atoms with Crippen molar-refractivity contribution < 1.29 is 22.4 Å². The van der Waals surface area contributed by atoms with Crippen LogP contribution in [-0.2, 0) is 26.2 Å². The number of esters is 1. The van der Waals surface area contributed by atoms with Crippen LogP contribution in [0.3, 0.4) is 0 Å². The van der Waals surface area contributed by atoms with Gasteiger partial charge in [-0.3, -0.25) is 4.79 Å². The average Bonchev–Trinajstić information content (AvgIpc) is 3.28. The van der Waals surface area contributed by atoms with Gasteiger partial charge in [-0.25, -0.2) is 8.42 Å². The highest BCUT2D eigenvalue weighted by Crippen LogP contribution is 2.25. The second-order valence-electron chi connectivity index (χ2n) is 6.97. The Morgan fingerprint density at radius 1 is 1.00 bits per heavy atom. The minimum absolute atomic E-state index is 0.110. The molecule has 1 aliphatic heterocycles. The highest BCUT2D eigenvalue weighted by Gasteiger charge is 2.32. The molecule has 2 aromatic carbocycles. The summed E-state index contributed by atoms with van der Waals surface area (Å²) in [5, 5.41) is 7.87. The van der Waals surface area contributed by atoms with Gasteiger partial charge in [-0.1, -0.05) is 36.4 Å². The molecular formula is C21H21N3O5S. The number of carbonyl (C=O) groups is 1. The monoisotopic (exact) mass is 427 g/mol. The lowest BCUT2D eigenvalue weighted by Gasteiger charge is -2.30. The predicted molar refractivity (Wildman–Crippen MR) is 107 cm³/mol. The standard InChI is InChI=1S/C21H21N3O5S/c25-21(28-15-19-22-23-20(29-19)16-7-3-1-4-8-16)17-11-13-24(14-12-17)30(26,27)18-9-5-2-6-10-18/h1-10,17H,11-15H2. The van der Waals surface area contributed by atoms with Crippen LogP contribution in [0.5, 0.6) is 0 Å². The van der Waals surface area contributed by atoms with Gasteiger partial charge in [0.2, 0.25) is 15.9 Å². The zero-order valence-electron chi connectivity index (χ0n) is 16.2. The molecule has 0 aliphatic carbocycles. The van der Waals surface area contributed by atoms with Gasteiger partial charge in [0.1, 0.15) is 0 Å². The molecule has 0 radical (unpaired) electrons. The highest BCUT2D eigenvalue weighted by molar-refractivity contribution is 7.89. The molecule has 2 heterocycles. The molecule has 1 aromatic heterocycles. The number of hydrogen-bond donors (Lipinski definition) is 0. The summed E-state index contributed by atoms with van der Waals surface area (Å²) in [5.74, 6) is -0.165. The molecule has 0 bridgehead atoms. The van der Waals surface area contributed by atoms with Gasteiger partial charge in [0.05, 0.1) is 10.8 Å². The fourth-order valence-electron chi connectivity index (χ4n) is 3.33. The first kappa shape index (κ1) is 20.2. The Kier molecular flexibility index (Phi) is 5.91. The summed E-state index contributed by atoms with van der Waals surface area (Å²) in [6.45, 7) is 0.437. The molecule has 0 amide bonds.